The van der Waals surface area contributed by atoms with Gasteiger partial charge in [0.15, 0.2) is 5.82 Å². The molecule has 0 saturated heterocycles. The van der Waals surface area contributed by atoms with Gasteiger partial charge in [-0.1, -0.05) is 17.7 Å². The van der Waals surface area contributed by atoms with Gasteiger partial charge in [-0.05, 0) is 19.9 Å². The molecule has 0 saturated carbocycles. The van der Waals surface area contributed by atoms with Crippen LogP contribution in [0.2, 0.25) is 0 Å². The first-order valence-corrected chi connectivity index (χ1v) is 6.28. The lowest BCUT2D eigenvalue weighted by molar-refractivity contribution is 0.0632. The maximum absolute atomic E-state index is 12.7. The van der Waals surface area contributed by atoms with Crippen LogP contribution in [0.4, 0.5) is 8.78 Å². The van der Waals surface area contributed by atoms with Crippen molar-refractivity contribution >= 4 is 0 Å². The number of nitrogens with zero attached hydrogens (tertiary/aromatic N) is 2. The fourth-order valence-electron chi connectivity index (χ4n) is 1.93. The Balaban J connectivity index is 2.17. The Bertz CT molecular complexity index is 582. The van der Waals surface area contributed by atoms with Gasteiger partial charge < -0.3 is 10.5 Å². The Hall–Kier alpha value is -1.95. The van der Waals surface area contributed by atoms with Crippen molar-refractivity contribution < 1.29 is 13.5 Å². The molecular weight excluding hydrogens is 264 g/mol. The van der Waals surface area contributed by atoms with Crippen LogP contribution in [0.1, 0.15) is 36.5 Å². The van der Waals surface area contributed by atoms with Crippen LogP contribution in [0.15, 0.2) is 30.6 Å². The zero-order valence-electron chi connectivity index (χ0n) is 11.4. The van der Waals surface area contributed by atoms with Crippen LogP contribution in [0.3, 0.4) is 0 Å². The molecule has 1 aromatic heterocycles. The van der Waals surface area contributed by atoms with Gasteiger partial charge in [-0.15, -0.1) is 0 Å². The molecule has 0 amide bonds. The highest BCUT2D eigenvalue weighted by Crippen LogP contribution is 2.26. The van der Waals surface area contributed by atoms with Crippen LogP contribution >= 0.6 is 0 Å². The van der Waals surface area contributed by atoms with E-state index < -0.39 is 6.55 Å². The van der Waals surface area contributed by atoms with Crippen molar-refractivity contribution in [3.05, 3.63) is 47.5 Å². The summed E-state index contributed by atoms with van der Waals surface area (Å²) in [5.41, 5.74) is 7.81. The maximum atomic E-state index is 12.7. The number of hydrogen-bond donors (Lipinski definition) is 1. The minimum Gasteiger partial charge on any atom is -0.485 e. The second kappa shape index (κ2) is 6.00. The number of rotatable bonds is 5. The quantitative estimate of drug-likeness (QED) is 0.915. The fourth-order valence-corrected chi connectivity index (χ4v) is 1.93. The summed E-state index contributed by atoms with van der Waals surface area (Å²) in [5.74, 6) is 0.769. The van der Waals surface area contributed by atoms with Gasteiger partial charge in [0.25, 0.3) is 0 Å². The number of imidazole rings is 1. The van der Waals surface area contributed by atoms with Gasteiger partial charge in [0.2, 0.25) is 0 Å². The van der Waals surface area contributed by atoms with Crippen molar-refractivity contribution in [1.29, 1.82) is 0 Å². The molecule has 2 aromatic rings. The monoisotopic (exact) mass is 281 g/mol. The predicted molar refractivity (Wildman–Crippen MR) is 71.6 cm³/mol. The van der Waals surface area contributed by atoms with Crippen molar-refractivity contribution in [2.45, 2.75) is 33.0 Å². The maximum Gasteiger partial charge on any atom is 0.320 e. The van der Waals surface area contributed by atoms with Crippen molar-refractivity contribution in [2.75, 3.05) is 0 Å². The SMILES string of the molecule is Cc1ccc(OCc2nccn2C(F)F)c([C@H](C)N)c1. The minimum atomic E-state index is -2.62. The number of hydrogen-bond acceptors (Lipinski definition) is 3. The summed E-state index contributed by atoms with van der Waals surface area (Å²) >= 11 is 0. The van der Waals surface area contributed by atoms with Gasteiger partial charge in [-0.3, -0.25) is 4.57 Å². The zero-order valence-corrected chi connectivity index (χ0v) is 11.4. The molecule has 4 nitrogen and oxygen atoms in total. The number of nitrogens with two attached hydrogens (primary N) is 1. The highest BCUT2D eigenvalue weighted by Gasteiger charge is 2.13. The first kappa shape index (κ1) is 14.5. The number of halogens is 2. The van der Waals surface area contributed by atoms with Crippen molar-refractivity contribution in [1.82, 2.24) is 9.55 Å². The largest absolute Gasteiger partial charge is 0.485 e. The second-order valence-electron chi connectivity index (χ2n) is 4.65. The summed E-state index contributed by atoms with van der Waals surface area (Å²) < 4.78 is 31.8. The first-order valence-electron chi connectivity index (χ1n) is 6.28. The topological polar surface area (TPSA) is 53.1 Å². The summed E-state index contributed by atoms with van der Waals surface area (Å²) in [4.78, 5) is 3.87. The van der Waals surface area contributed by atoms with Gasteiger partial charge in [0.05, 0.1) is 0 Å². The molecule has 1 atom stereocenters. The van der Waals surface area contributed by atoms with Crippen LogP contribution in [-0.4, -0.2) is 9.55 Å². The van der Waals surface area contributed by atoms with Crippen LogP contribution < -0.4 is 10.5 Å². The Morgan fingerprint density at radius 1 is 1.40 bits per heavy atom. The zero-order chi connectivity index (χ0) is 14.7. The Labute approximate surface area is 116 Å². The predicted octanol–water partition coefficient (Wildman–Crippen LogP) is 3.19. The molecule has 1 aromatic carbocycles. The van der Waals surface area contributed by atoms with E-state index in [9.17, 15) is 8.78 Å². The third kappa shape index (κ3) is 3.14. The summed E-state index contributed by atoms with van der Waals surface area (Å²) in [6.07, 6.45) is 2.55. The smallest absolute Gasteiger partial charge is 0.320 e. The van der Waals surface area contributed by atoms with Gasteiger partial charge in [0.1, 0.15) is 12.4 Å². The number of benzene rings is 1. The third-order valence-corrected chi connectivity index (χ3v) is 2.97. The Kier molecular flexibility index (Phi) is 4.34. The molecule has 0 bridgehead atoms. The van der Waals surface area contributed by atoms with Crippen LogP contribution in [0.5, 0.6) is 5.75 Å². The molecular formula is C14H17F2N3O. The molecule has 0 aliphatic carbocycles. The van der Waals surface area contributed by atoms with E-state index >= 15 is 0 Å². The molecule has 0 aliphatic rings. The third-order valence-electron chi connectivity index (χ3n) is 2.97. The van der Waals surface area contributed by atoms with E-state index in [4.69, 9.17) is 10.5 Å². The number of ether oxygens (including phenoxy) is 1. The van der Waals surface area contributed by atoms with Crippen LogP contribution in [-0.2, 0) is 6.61 Å². The van der Waals surface area contributed by atoms with E-state index in [1.54, 1.807) is 6.07 Å². The lowest BCUT2D eigenvalue weighted by Crippen LogP contribution is -2.11. The molecule has 0 spiro atoms. The molecule has 6 heteroatoms. The standard InChI is InChI=1S/C14H17F2N3O/c1-9-3-4-12(11(7-9)10(2)17)20-8-13-18-5-6-19(13)14(15)16/h3-7,10,14H,8,17H2,1-2H3/t10-/m0/s1. The summed E-state index contributed by atoms with van der Waals surface area (Å²) in [6.45, 7) is 1.16. The van der Waals surface area contributed by atoms with Crippen molar-refractivity contribution in [2.24, 2.45) is 5.73 Å². The van der Waals surface area contributed by atoms with Crippen molar-refractivity contribution in [3.8, 4) is 5.75 Å². The minimum absolute atomic E-state index is 0.0277. The lowest BCUT2D eigenvalue weighted by Gasteiger charge is -2.15. The van der Waals surface area contributed by atoms with Gasteiger partial charge in [0, 0.05) is 24.0 Å². The molecule has 20 heavy (non-hydrogen) atoms. The van der Waals surface area contributed by atoms with E-state index in [0.29, 0.717) is 5.75 Å². The van der Waals surface area contributed by atoms with Crippen LogP contribution in [0.25, 0.3) is 0 Å². The normalized spacial score (nSPS) is 12.7. The van der Waals surface area contributed by atoms with E-state index in [0.717, 1.165) is 15.7 Å². The highest BCUT2D eigenvalue weighted by atomic mass is 19.3. The molecule has 1 heterocycles. The molecule has 108 valence electrons. The average Bonchev–Trinajstić information content (AvgIpc) is 2.85. The van der Waals surface area contributed by atoms with E-state index in [1.807, 2.05) is 26.0 Å². The molecule has 0 unspecified atom stereocenters. The summed E-state index contributed by atoms with van der Waals surface area (Å²) in [7, 11) is 0. The average molecular weight is 281 g/mol. The van der Waals surface area contributed by atoms with Crippen LogP contribution in [0, 0.1) is 6.92 Å². The fraction of sp³-hybridized carbons (Fsp3) is 0.357. The molecule has 0 aliphatic heterocycles. The number of alkyl halides is 2. The first-order chi connectivity index (χ1) is 9.49. The van der Waals surface area contributed by atoms with Gasteiger partial charge in [-0.25, -0.2) is 4.98 Å². The molecule has 0 radical (unpaired) electrons. The number of aryl methyl sites for hydroxylation is 1. The highest BCUT2D eigenvalue weighted by molar-refractivity contribution is 5.38. The molecule has 2 N–H and O–H groups in total. The lowest BCUT2D eigenvalue weighted by atomic mass is 10.1. The summed E-state index contributed by atoms with van der Waals surface area (Å²) in [6, 6.07) is 5.42. The second-order valence-corrected chi connectivity index (χ2v) is 4.65. The Morgan fingerprint density at radius 3 is 2.80 bits per heavy atom. The summed E-state index contributed by atoms with van der Waals surface area (Å²) in [5, 5.41) is 0. The van der Waals surface area contributed by atoms with Gasteiger partial charge in [-0.2, -0.15) is 8.78 Å². The van der Waals surface area contributed by atoms with E-state index in [-0.39, 0.29) is 18.5 Å². The molecule has 2 rings (SSSR count). The number of aromatic nitrogens is 2. The van der Waals surface area contributed by atoms with Crippen molar-refractivity contribution in [3.63, 3.8) is 0 Å². The Morgan fingerprint density at radius 2 is 2.15 bits per heavy atom. The van der Waals surface area contributed by atoms with E-state index in [2.05, 4.69) is 4.98 Å². The van der Waals surface area contributed by atoms with Gasteiger partial charge >= 0.3 is 6.55 Å². The molecule has 0 fully saturated rings. The van der Waals surface area contributed by atoms with E-state index in [1.165, 1.54) is 12.4 Å².